The lowest BCUT2D eigenvalue weighted by Gasteiger charge is -2.20. The normalized spacial score (nSPS) is 15.7. The first-order valence-electron chi connectivity index (χ1n) is 24.3. The lowest BCUT2D eigenvalue weighted by molar-refractivity contribution is -0.134. The molecule has 380 valence electrons. The predicted molar refractivity (Wildman–Crippen MR) is 250 cm³/mol. The number of rotatable bonds is 42. The van der Waals surface area contributed by atoms with Gasteiger partial charge in [0.2, 0.25) is 5.91 Å². The van der Waals surface area contributed by atoms with Crippen molar-refractivity contribution in [3.63, 3.8) is 0 Å². The van der Waals surface area contributed by atoms with Crippen LogP contribution in [0.2, 0.25) is 0 Å². The van der Waals surface area contributed by atoms with Crippen molar-refractivity contribution in [2.45, 2.75) is 86.5 Å². The van der Waals surface area contributed by atoms with Gasteiger partial charge in [-0.15, -0.1) is 0 Å². The van der Waals surface area contributed by atoms with Crippen molar-refractivity contribution in [1.29, 1.82) is 0 Å². The van der Waals surface area contributed by atoms with Gasteiger partial charge in [0.1, 0.15) is 23.1 Å². The number of benzene rings is 1. The van der Waals surface area contributed by atoms with E-state index in [1.54, 1.807) is 24.3 Å². The molecule has 67 heavy (non-hydrogen) atoms. The highest BCUT2D eigenvalue weighted by Crippen LogP contribution is 2.31. The van der Waals surface area contributed by atoms with Crippen LogP contribution in [0.3, 0.4) is 0 Å². The summed E-state index contributed by atoms with van der Waals surface area (Å²) < 4.78 is 44.2. The number of carbonyl (C=O) groups is 7. The van der Waals surface area contributed by atoms with E-state index in [9.17, 15) is 33.6 Å². The summed E-state index contributed by atoms with van der Waals surface area (Å²) in [6.07, 6.45) is 2.80. The summed E-state index contributed by atoms with van der Waals surface area (Å²) in [4.78, 5) is 90.2. The van der Waals surface area contributed by atoms with Crippen molar-refractivity contribution in [3.8, 4) is 0 Å². The quantitative estimate of drug-likeness (QED) is 0.0691. The molecule has 2 amide bonds. The zero-order chi connectivity index (χ0) is 49.2. The van der Waals surface area contributed by atoms with Crippen LogP contribution in [-0.4, -0.2) is 171 Å². The minimum Gasteiger partial charge on any atom is -0.379 e. The number of carbonyl (C=O) groups excluding carboxylic acids is 7. The molecule has 0 saturated carbocycles. The number of Topliss-reactive ketones (excluding diaryl/α,β-unsaturated/α-hetero) is 5. The minimum absolute atomic E-state index is 0.00660. The van der Waals surface area contributed by atoms with E-state index in [1.807, 2.05) is 27.7 Å². The van der Waals surface area contributed by atoms with Gasteiger partial charge in [-0.3, -0.25) is 33.6 Å². The number of ketones is 5. The Labute approximate surface area is 398 Å². The number of amides is 2. The smallest absolute Gasteiger partial charge is 0.251 e. The molecular formula is C50H80N2O15. The molecule has 1 aromatic rings. The number of nitrogens with one attached hydrogen (secondary N) is 1. The fourth-order valence-corrected chi connectivity index (χ4v) is 7.58. The summed E-state index contributed by atoms with van der Waals surface area (Å²) in [5.41, 5.74) is 1.13. The predicted octanol–water partition coefficient (Wildman–Crippen LogP) is 4.78. The van der Waals surface area contributed by atoms with Gasteiger partial charge in [-0.2, -0.15) is 0 Å². The first-order chi connectivity index (χ1) is 32.4. The van der Waals surface area contributed by atoms with Gasteiger partial charge in [0.25, 0.3) is 5.91 Å². The Morgan fingerprint density at radius 2 is 0.821 bits per heavy atom. The molecule has 1 aliphatic heterocycles. The second-order valence-corrected chi connectivity index (χ2v) is 16.6. The fraction of sp³-hybridized carbons (Fsp3) is 0.740. The van der Waals surface area contributed by atoms with E-state index < -0.39 is 23.7 Å². The molecule has 1 saturated heterocycles. The summed E-state index contributed by atoms with van der Waals surface area (Å²) in [6.45, 7) is 17.3. The van der Waals surface area contributed by atoms with Gasteiger partial charge < -0.3 is 48.1 Å². The topological polar surface area (TPSA) is 209 Å². The van der Waals surface area contributed by atoms with Crippen molar-refractivity contribution < 1.29 is 71.5 Å². The van der Waals surface area contributed by atoms with Crippen molar-refractivity contribution in [2.75, 3.05) is 125 Å². The van der Waals surface area contributed by atoms with Gasteiger partial charge in [0.05, 0.1) is 112 Å². The highest BCUT2D eigenvalue weighted by Gasteiger charge is 2.43. The zero-order valence-corrected chi connectivity index (χ0v) is 41.2. The van der Waals surface area contributed by atoms with Crippen LogP contribution in [0.15, 0.2) is 24.3 Å². The Balaban J connectivity index is 1.39. The first-order valence-corrected chi connectivity index (χ1v) is 24.3. The molecule has 4 unspecified atom stereocenters. The van der Waals surface area contributed by atoms with Crippen LogP contribution in [0, 0.1) is 29.6 Å². The van der Waals surface area contributed by atoms with Gasteiger partial charge >= 0.3 is 0 Å². The van der Waals surface area contributed by atoms with Crippen LogP contribution in [0.4, 0.5) is 0 Å². The third kappa shape index (κ3) is 24.4. The molecule has 1 fully saturated rings. The van der Waals surface area contributed by atoms with Crippen molar-refractivity contribution in [2.24, 2.45) is 29.6 Å². The SMILES string of the molecule is CCC(CC(=O)C1CN(C(=O)CCOCCOCCOCCOCCOCCOCCOCCOCCNC(=O)c2ccc(C(=O)C(CC)CC)cc2)CC1C(=O)CC(CC)C(C)=O)C(C)=O. The van der Waals surface area contributed by atoms with E-state index in [0.29, 0.717) is 123 Å². The summed E-state index contributed by atoms with van der Waals surface area (Å²) in [7, 11) is 0. The van der Waals surface area contributed by atoms with Crippen LogP contribution in [0.5, 0.6) is 0 Å². The van der Waals surface area contributed by atoms with Crippen LogP contribution < -0.4 is 5.32 Å². The maximum atomic E-state index is 13.3. The van der Waals surface area contributed by atoms with Crippen molar-refractivity contribution in [1.82, 2.24) is 10.2 Å². The van der Waals surface area contributed by atoms with Gasteiger partial charge in [0.15, 0.2) is 5.78 Å². The van der Waals surface area contributed by atoms with Gasteiger partial charge in [-0.25, -0.2) is 0 Å². The van der Waals surface area contributed by atoms with E-state index in [0.717, 1.165) is 12.8 Å². The molecule has 17 heteroatoms. The molecule has 0 bridgehead atoms. The van der Waals surface area contributed by atoms with Crippen LogP contribution in [-0.2, 0) is 61.9 Å². The maximum absolute atomic E-state index is 13.3. The molecule has 0 aliphatic carbocycles. The molecule has 1 aliphatic rings. The Morgan fingerprint density at radius 1 is 0.493 bits per heavy atom. The Kier molecular flexibility index (Phi) is 32.1. The van der Waals surface area contributed by atoms with E-state index >= 15 is 0 Å². The van der Waals surface area contributed by atoms with Crippen LogP contribution in [0.25, 0.3) is 0 Å². The highest BCUT2D eigenvalue weighted by molar-refractivity contribution is 6.00. The average molecular weight is 949 g/mol. The summed E-state index contributed by atoms with van der Waals surface area (Å²) >= 11 is 0. The monoisotopic (exact) mass is 949 g/mol. The number of ether oxygens (including phenoxy) is 8. The second-order valence-electron chi connectivity index (χ2n) is 16.6. The summed E-state index contributed by atoms with van der Waals surface area (Å²) in [6, 6.07) is 6.77. The van der Waals surface area contributed by atoms with E-state index in [4.69, 9.17) is 37.9 Å². The van der Waals surface area contributed by atoms with Gasteiger partial charge in [-0.05, 0) is 51.7 Å². The number of hydrogen-bond donors (Lipinski definition) is 1. The molecule has 1 aromatic carbocycles. The van der Waals surface area contributed by atoms with E-state index in [1.165, 1.54) is 18.7 Å². The minimum atomic E-state index is -0.695. The number of hydrogen-bond acceptors (Lipinski definition) is 15. The molecule has 2 rings (SSSR count). The molecule has 0 radical (unpaired) electrons. The molecule has 1 N–H and O–H groups in total. The number of likely N-dealkylation sites (tertiary alicyclic amines) is 1. The van der Waals surface area contributed by atoms with E-state index in [-0.39, 0.29) is 92.2 Å². The molecule has 1 heterocycles. The largest absolute Gasteiger partial charge is 0.379 e. The Morgan fingerprint density at radius 3 is 1.16 bits per heavy atom. The Bertz CT molecular complexity index is 1560. The third-order valence-electron chi connectivity index (χ3n) is 11.9. The highest BCUT2D eigenvalue weighted by atomic mass is 16.6. The van der Waals surface area contributed by atoms with Gasteiger partial charge in [-0.1, -0.05) is 39.8 Å². The summed E-state index contributed by atoms with van der Waals surface area (Å²) in [5, 5.41) is 2.81. The lowest BCUT2D eigenvalue weighted by atomic mass is 9.80. The maximum Gasteiger partial charge on any atom is 0.251 e. The van der Waals surface area contributed by atoms with Crippen molar-refractivity contribution >= 4 is 40.7 Å². The first kappa shape index (κ1) is 59.3. The summed E-state index contributed by atoms with van der Waals surface area (Å²) in [5.74, 6) is -3.06. The molecule has 0 aromatic heterocycles. The fourth-order valence-electron chi connectivity index (χ4n) is 7.58. The molecule has 4 atom stereocenters. The molecule has 0 spiro atoms. The van der Waals surface area contributed by atoms with Gasteiger partial charge in [0, 0.05) is 73.2 Å². The van der Waals surface area contributed by atoms with Crippen LogP contribution in [0.1, 0.15) is 107 Å². The van der Waals surface area contributed by atoms with Crippen LogP contribution >= 0.6 is 0 Å². The lowest BCUT2D eigenvalue weighted by Crippen LogP contribution is -2.32. The molecular weight excluding hydrogens is 869 g/mol. The Hall–Kier alpha value is -3.81. The number of nitrogens with zero attached hydrogens (tertiary/aromatic N) is 1. The molecule has 17 nitrogen and oxygen atoms in total. The van der Waals surface area contributed by atoms with E-state index in [2.05, 4.69) is 5.32 Å². The second kappa shape index (κ2) is 36.2. The van der Waals surface area contributed by atoms with Crippen molar-refractivity contribution in [3.05, 3.63) is 35.4 Å². The standard InChI is InChI=1S/C50H80N2O15/c1-7-39(8-2)49(58)42-11-13-43(14-12-42)50(59)51-16-18-61-20-22-63-24-26-65-28-30-67-32-31-66-29-27-64-25-23-62-21-19-60-17-15-48(57)52-35-44(46(55)33-40(9-3)37(5)53)45(36-52)47(56)34-41(10-4)38(6)54/h11-14,39-41,44-45H,7-10,15-36H2,1-6H3,(H,51,59). The average Bonchev–Trinajstić information content (AvgIpc) is 3.78. The third-order valence-corrected chi connectivity index (χ3v) is 11.9. The zero-order valence-electron chi connectivity index (χ0n) is 41.2.